The zero-order valence-electron chi connectivity index (χ0n) is 12.8. The van der Waals surface area contributed by atoms with Crippen LogP contribution in [0, 0.1) is 11.6 Å². The molecule has 25 heavy (non-hydrogen) atoms. The minimum absolute atomic E-state index is 0.0626. The highest BCUT2D eigenvalue weighted by atomic mass is 19.2. The third kappa shape index (κ3) is 3.58. The highest BCUT2D eigenvalue weighted by Crippen LogP contribution is 2.31. The topological polar surface area (TPSA) is 69.6 Å². The molecule has 3 aromatic carbocycles. The van der Waals surface area contributed by atoms with E-state index in [1.807, 2.05) is 0 Å². The highest BCUT2D eigenvalue weighted by molar-refractivity contribution is 6.05. The zero-order valence-corrected chi connectivity index (χ0v) is 12.8. The maximum atomic E-state index is 13.4. The second-order valence-corrected chi connectivity index (χ2v) is 5.37. The molecule has 3 rings (SSSR count). The lowest BCUT2D eigenvalue weighted by Crippen LogP contribution is -2.11. The number of hydrogen-bond acceptors (Lipinski definition) is 3. The molecule has 0 atom stereocenters. The van der Waals surface area contributed by atoms with E-state index in [1.54, 1.807) is 0 Å². The van der Waals surface area contributed by atoms with Gasteiger partial charge in [-0.2, -0.15) is 0 Å². The van der Waals surface area contributed by atoms with Crippen LogP contribution in [0.25, 0.3) is 11.1 Å². The van der Waals surface area contributed by atoms with Gasteiger partial charge >= 0.3 is 0 Å². The van der Waals surface area contributed by atoms with Gasteiger partial charge in [0, 0.05) is 5.56 Å². The first kappa shape index (κ1) is 16.4. The molecule has 0 aliphatic rings. The van der Waals surface area contributed by atoms with Crippen LogP contribution in [0.3, 0.4) is 0 Å². The Morgan fingerprint density at radius 2 is 1.56 bits per heavy atom. The summed E-state index contributed by atoms with van der Waals surface area (Å²) in [4.78, 5) is 12.2. The fraction of sp³-hybridized carbons (Fsp3) is 0. The predicted molar refractivity (Wildman–Crippen MR) is 89.5 cm³/mol. The standard InChI is InChI=1S/C19H13F2NO3/c20-15-6-4-11(9-16(15)21)12-5-7-18(24)17(10-12)22-19(25)13-2-1-3-14(23)8-13/h1-10,23-24H,(H,22,25). The van der Waals surface area contributed by atoms with Crippen LogP contribution in [0.4, 0.5) is 14.5 Å². The molecule has 4 nitrogen and oxygen atoms in total. The molecular weight excluding hydrogens is 328 g/mol. The molecule has 0 unspecified atom stereocenters. The van der Waals surface area contributed by atoms with E-state index in [-0.39, 0.29) is 22.7 Å². The van der Waals surface area contributed by atoms with E-state index in [0.29, 0.717) is 11.1 Å². The van der Waals surface area contributed by atoms with Crippen molar-refractivity contribution in [1.29, 1.82) is 0 Å². The van der Waals surface area contributed by atoms with Crippen molar-refractivity contribution in [3.63, 3.8) is 0 Å². The van der Waals surface area contributed by atoms with E-state index in [0.717, 1.165) is 12.1 Å². The second kappa shape index (κ2) is 6.60. The van der Waals surface area contributed by atoms with Gasteiger partial charge in [-0.25, -0.2) is 8.78 Å². The number of aromatic hydroxyl groups is 2. The summed E-state index contributed by atoms with van der Waals surface area (Å²) >= 11 is 0. The molecule has 126 valence electrons. The molecule has 0 spiro atoms. The van der Waals surface area contributed by atoms with E-state index in [2.05, 4.69) is 5.32 Å². The van der Waals surface area contributed by atoms with Crippen LogP contribution in [-0.4, -0.2) is 16.1 Å². The van der Waals surface area contributed by atoms with Crippen molar-refractivity contribution in [2.24, 2.45) is 0 Å². The van der Waals surface area contributed by atoms with Crippen molar-refractivity contribution >= 4 is 11.6 Å². The summed E-state index contributed by atoms with van der Waals surface area (Å²) < 4.78 is 26.5. The maximum absolute atomic E-state index is 13.4. The van der Waals surface area contributed by atoms with Gasteiger partial charge in [-0.3, -0.25) is 4.79 Å². The number of hydrogen-bond donors (Lipinski definition) is 3. The number of nitrogens with one attached hydrogen (secondary N) is 1. The molecule has 0 aliphatic heterocycles. The summed E-state index contributed by atoms with van der Waals surface area (Å²) in [5.41, 5.74) is 1.20. The Morgan fingerprint density at radius 3 is 2.28 bits per heavy atom. The van der Waals surface area contributed by atoms with Crippen LogP contribution < -0.4 is 5.32 Å². The monoisotopic (exact) mass is 341 g/mol. The molecule has 0 radical (unpaired) electrons. The molecule has 0 saturated heterocycles. The van der Waals surface area contributed by atoms with Crippen LogP contribution in [0.5, 0.6) is 11.5 Å². The molecule has 0 bridgehead atoms. The number of anilines is 1. The van der Waals surface area contributed by atoms with Crippen molar-refractivity contribution in [2.45, 2.75) is 0 Å². The Morgan fingerprint density at radius 1 is 0.840 bits per heavy atom. The average molecular weight is 341 g/mol. The van der Waals surface area contributed by atoms with Crippen molar-refractivity contribution in [1.82, 2.24) is 0 Å². The average Bonchev–Trinajstić information content (AvgIpc) is 2.59. The predicted octanol–water partition coefficient (Wildman–Crippen LogP) is 4.30. The molecule has 6 heteroatoms. The highest BCUT2D eigenvalue weighted by Gasteiger charge is 2.12. The molecule has 0 saturated carbocycles. The molecule has 0 fully saturated rings. The van der Waals surface area contributed by atoms with E-state index in [4.69, 9.17) is 0 Å². The summed E-state index contributed by atoms with van der Waals surface area (Å²) in [6, 6.07) is 13.5. The Kier molecular flexibility index (Phi) is 4.35. The number of amides is 1. The van der Waals surface area contributed by atoms with Gasteiger partial charge in [0.25, 0.3) is 5.91 Å². The van der Waals surface area contributed by atoms with Crippen molar-refractivity contribution in [3.8, 4) is 22.6 Å². The number of rotatable bonds is 3. The van der Waals surface area contributed by atoms with Gasteiger partial charge in [-0.15, -0.1) is 0 Å². The van der Waals surface area contributed by atoms with E-state index >= 15 is 0 Å². The molecule has 0 heterocycles. The molecule has 1 amide bonds. The summed E-state index contributed by atoms with van der Waals surface area (Å²) in [6.07, 6.45) is 0. The van der Waals surface area contributed by atoms with E-state index < -0.39 is 17.5 Å². The lowest BCUT2D eigenvalue weighted by Gasteiger charge is -2.10. The third-order valence-electron chi connectivity index (χ3n) is 3.61. The lowest BCUT2D eigenvalue weighted by atomic mass is 10.0. The van der Waals surface area contributed by atoms with E-state index in [1.165, 1.54) is 48.5 Å². The van der Waals surface area contributed by atoms with Crippen LogP contribution in [0.15, 0.2) is 60.7 Å². The maximum Gasteiger partial charge on any atom is 0.255 e. The quantitative estimate of drug-likeness (QED) is 0.622. The van der Waals surface area contributed by atoms with E-state index in [9.17, 15) is 23.8 Å². The lowest BCUT2D eigenvalue weighted by molar-refractivity contribution is 0.102. The summed E-state index contributed by atoms with van der Waals surface area (Å²) in [5, 5.41) is 21.9. The number of carbonyl (C=O) groups excluding carboxylic acids is 1. The van der Waals surface area contributed by atoms with Gasteiger partial charge in [0.05, 0.1) is 5.69 Å². The van der Waals surface area contributed by atoms with Gasteiger partial charge in [0.2, 0.25) is 0 Å². The minimum Gasteiger partial charge on any atom is -0.508 e. The Hall–Kier alpha value is -3.41. The van der Waals surface area contributed by atoms with Gasteiger partial charge in [0.15, 0.2) is 11.6 Å². The fourth-order valence-corrected chi connectivity index (χ4v) is 2.33. The van der Waals surface area contributed by atoms with Gasteiger partial charge in [-0.05, 0) is 53.6 Å². The number of halogens is 2. The third-order valence-corrected chi connectivity index (χ3v) is 3.61. The summed E-state index contributed by atoms with van der Waals surface area (Å²) in [7, 11) is 0. The first-order valence-corrected chi connectivity index (χ1v) is 7.33. The first-order valence-electron chi connectivity index (χ1n) is 7.33. The Balaban J connectivity index is 1.91. The Bertz CT molecular complexity index is 957. The van der Waals surface area contributed by atoms with Gasteiger partial charge in [0.1, 0.15) is 11.5 Å². The fourth-order valence-electron chi connectivity index (χ4n) is 2.33. The molecular formula is C19H13F2NO3. The minimum atomic E-state index is -0.990. The van der Waals surface area contributed by atoms with Crippen molar-refractivity contribution in [2.75, 3.05) is 5.32 Å². The van der Waals surface area contributed by atoms with Crippen LogP contribution in [0.2, 0.25) is 0 Å². The summed E-state index contributed by atoms with van der Waals surface area (Å²) in [5.74, 6) is -2.73. The largest absolute Gasteiger partial charge is 0.508 e. The SMILES string of the molecule is O=C(Nc1cc(-c2ccc(F)c(F)c2)ccc1O)c1cccc(O)c1. The van der Waals surface area contributed by atoms with Crippen LogP contribution in [-0.2, 0) is 0 Å². The smallest absolute Gasteiger partial charge is 0.255 e. The molecule has 0 aliphatic carbocycles. The van der Waals surface area contributed by atoms with Gasteiger partial charge < -0.3 is 15.5 Å². The number of phenols is 2. The first-order chi connectivity index (χ1) is 11.9. The van der Waals surface area contributed by atoms with Gasteiger partial charge in [-0.1, -0.05) is 18.2 Å². The molecule has 3 N–H and O–H groups in total. The zero-order chi connectivity index (χ0) is 18.0. The Labute approximate surface area is 142 Å². The molecule has 0 aromatic heterocycles. The normalized spacial score (nSPS) is 10.5. The summed E-state index contributed by atoms with van der Waals surface area (Å²) in [6.45, 7) is 0. The van der Waals surface area contributed by atoms with Crippen LogP contribution in [0.1, 0.15) is 10.4 Å². The molecule has 3 aromatic rings. The number of phenolic OH excluding ortho intramolecular Hbond substituents is 2. The van der Waals surface area contributed by atoms with Crippen molar-refractivity contribution in [3.05, 3.63) is 77.9 Å². The number of benzene rings is 3. The second-order valence-electron chi connectivity index (χ2n) is 5.37. The van der Waals surface area contributed by atoms with Crippen molar-refractivity contribution < 1.29 is 23.8 Å². The van der Waals surface area contributed by atoms with Crippen LogP contribution >= 0.6 is 0 Å². The number of carbonyl (C=O) groups is 1.